The fourth-order valence-electron chi connectivity index (χ4n) is 7.22. The van der Waals surface area contributed by atoms with E-state index >= 15 is 0 Å². The lowest BCUT2D eigenvalue weighted by Gasteiger charge is -2.12. The van der Waals surface area contributed by atoms with Crippen LogP contribution >= 0.6 is 22.7 Å². The number of furan rings is 1. The summed E-state index contributed by atoms with van der Waals surface area (Å²) in [5, 5.41) is 4.05. The molecular formula is C47H28N4OS2. The van der Waals surface area contributed by atoms with Gasteiger partial charge in [0.25, 0.3) is 0 Å². The van der Waals surface area contributed by atoms with Crippen molar-refractivity contribution in [1.29, 1.82) is 0 Å². The summed E-state index contributed by atoms with van der Waals surface area (Å²) < 4.78 is 9.05. The van der Waals surface area contributed by atoms with Crippen LogP contribution in [0.4, 0.5) is 0 Å². The van der Waals surface area contributed by atoms with Crippen LogP contribution in [0.5, 0.6) is 0 Å². The Kier molecular flexibility index (Phi) is 7.72. The van der Waals surface area contributed by atoms with E-state index in [1.807, 2.05) is 48.5 Å². The highest BCUT2D eigenvalue weighted by molar-refractivity contribution is 7.21. The average molecular weight is 729 g/mol. The zero-order chi connectivity index (χ0) is 36.2. The molecule has 7 heteroatoms. The second-order valence-electron chi connectivity index (χ2n) is 13.0. The van der Waals surface area contributed by atoms with Gasteiger partial charge in [-0.3, -0.25) is 0 Å². The van der Waals surface area contributed by atoms with Crippen molar-refractivity contribution in [1.82, 2.24) is 19.9 Å². The molecule has 0 aliphatic carbocycles. The Hall–Kier alpha value is -6.72. The van der Waals surface area contributed by atoms with Crippen LogP contribution in [0.1, 0.15) is 16.3 Å². The summed E-state index contributed by atoms with van der Waals surface area (Å²) in [6.45, 7) is 2.12. The van der Waals surface area contributed by atoms with E-state index in [-0.39, 0.29) is 0 Å². The summed E-state index contributed by atoms with van der Waals surface area (Å²) in [5.41, 5.74) is 9.28. The Labute approximate surface area is 319 Å². The number of rotatable bonds is 6. The molecule has 10 rings (SSSR count). The second-order valence-corrected chi connectivity index (χ2v) is 15.2. The number of allylic oxidation sites excluding steroid dienone is 1. The number of benzene rings is 6. The number of aromatic nitrogens is 4. The minimum Gasteiger partial charge on any atom is -0.455 e. The van der Waals surface area contributed by atoms with Gasteiger partial charge in [0.15, 0.2) is 17.5 Å². The molecule has 4 heterocycles. The van der Waals surface area contributed by atoms with Crippen LogP contribution in [0.15, 0.2) is 150 Å². The Bertz CT molecular complexity index is 3090. The smallest absolute Gasteiger partial charge is 0.165 e. The molecule has 6 aromatic carbocycles. The van der Waals surface area contributed by atoms with E-state index < -0.39 is 0 Å². The molecule has 0 saturated heterocycles. The highest BCUT2D eigenvalue weighted by atomic mass is 32.1. The summed E-state index contributed by atoms with van der Waals surface area (Å²) in [6.07, 6.45) is 7.77. The lowest BCUT2D eigenvalue weighted by molar-refractivity contribution is 0.670. The molecule has 0 bridgehead atoms. The van der Waals surface area contributed by atoms with Crippen molar-refractivity contribution in [2.24, 2.45) is 0 Å². The fraction of sp³-hybridized carbons (Fsp3) is 0.0213. The van der Waals surface area contributed by atoms with Crippen molar-refractivity contribution in [3.05, 3.63) is 162 Å². The molecule has 0 radical (unpaired) electrons. The second kappa shape index (κ2) is 13.0. The topological polar surface area (TPSA) is 64.7 Å². The van der Waals surface area contributed by atoms with Crippen molar-refractivity contribution in [2.75, 3.05) is 0 Å². The van der Waals surface area contributed by atoms with E-state index in [1.54, 1.807) is 28.7 Å². The average Bonchev–Trinajstić information content (AvgIpc) is 3.93. The van der Waals surface area contributed by atoms with E-state index in [1.165, 1.54) is 9.40 Å². The van der Waals surface area contributed by atoms with Crippen LogP contribution in [-0.4, -0.2) is 19.9 Å². The molecule has 54 heavy (non-hydrogen) atoms. The molecule has 0 atom stereocenters. The minimum atomic E-state index is 0.516. The molecule has 0 aliphatic rings. The molecule has 254 valence electrons. The van der Waals surface area contributed by atoms with Gasteiger partial charge >= 0.3 is 0 Å². The van der Waals surface area contributed by atoms with E-state index in [9.17, 15) is 0 Å². The van der Waals surface area contributed by atoms with Crippen LogP contribution < -0.4 is 0 Å². The number of aryl methyl sites for hydroxylation is 1. The van der Waals surface area contributed by atoms with Gasteiger partial charge in [-0.15, -0.1) is 29.1 Å². The van der Waals surface area contributed by atoms with E-state index in [4.69, 9.17) is 30.8 Å². The van der Waals surface area contributed by atoms with Crippen LogP contribution in [0.2, 0.25) is 0 Å². The van der Waals surface area contributed by atoms with Crippen molar-refractivity contribution >= 4 is 70.5 Å². The molecule has 0 unspecified atom stereocenters. The third kappa shape index (κ3) is 5.40. The van der Waals surface area contributed by atoms with Gasteiger partial charge in [-0.05, 0) is 42.8 Å². The number of thiophene rings is 1. The summed E-state index contributed by atoms with van der Waals surface area (Å²) in [5.74, 6) is 4.40. The monoisotopic (exact) mass is 728 g/mol. The lowest BCUT2D eigenvalue weighted by atomic mass is 9.99. The lowest BCUT2D eigenvalue weighted by Crippen LogP contribution is -2.04. The standard InChI is InChI=1S/C47H28N4OS2/c1-3-13-35(41-28(2)53-39-22-9-7-16-33(39)41)45-49-44(30-14-5-4-6-15-30)50-46(51-45)36-19-12-21-38-42(36)34-18-11-17-32(43(34)52-38)29-24-26-31(27-25-29)47-48-37-20-8-10-23-40(37)54-47/h1,4-27H,2H3/b35-13+. The number of nitrogens with zero attached hydrogens (tertiary/aromatic N) is 4. The molecule has 0 amide bonds. The van der Waals surface area contributed by atoms with Crippen LogP contribution in [-0.2, 0) is 0 Å². The van der Waals surface area contributed by atoms with Crippen LogP contribution in [0.25, 0.3) is 92.3 Å². The highest BCUT2D eigenvalue weighted by Gasteiger charge is 2.22. The number of thiazole rings is 1. The molecule has 10 aromatic rings. The maximum absolute atomic E-state index is 6.69. The van der Waals surface area contributed by atoms with Gasteiger partial charge in [0, 0.05) is 59.1 Å². The van der Waals surface area contributed by atoms with E-state index in [0.717, 1.165) is 81.7 Å². The normalized spacial score (nSPS) is 11.9. The molecule has 0 N–H and O–H groups in total. The predicted octanol–water partition coefficient (Wildman–Crippen LogP) is 12.6. The largest absolute Gasteiger partial charge is 0.455 e. The summed E-state index contributed by atoms with van der Waals surface area (Å²) in [4.78, 5) is 21.4. The number of para-hydroxylation sites is 2. The maximum atomic E-state index is 6.69. The Balaban J connectivity index is 1.14. The SMILES string of the molecule is C#C/C=C(/c1nc(-c2ccccc2)nc(-c2cccc3oc4c(-c5ccc(-c6nc7ccccc7s6)cc5)cccc4c23)n1)c1c(C)sc2ccccc12. The van der Waals surface area contributed by atoms with Gasteiger partial charge in [-0.25, -0.2) is 19.9 Å². The summed E-state index contributed by atoms with van der Waals surface area (Å²) >= 11 is 3.44. The van der Waals surface area contributed by atoms with Gasteiger partial charge in [-0.1, -0.05) is 121 Å². The van der Waals surface area contributed by atoms with Crippen molar-refractivity contribution < 1.29 is 4.42 Å². The first-order valence-corrected chi connectivity index (χ1v) is 19.1. The number of terminal acetylenes is 1. The summed E-state index contributed by atoms with van der Waals surface area (Å²) in [7, 11) is 0. The van der Waals surface area contributed by atoms with E-state index in [2.05, 4.69) is 104 Å². The first-order chi connectivity index (χ1) is 26.6. The molecule has 0 saturated carbocycles. The van der Waals surface area contributed by atoms with Gasteiger partial charge in [-0.2, -0.15) is 0 Å². The summed E-state index contributed by atoms with van der Waals surface area (Å²) in [6, 6.07) is 47.5. The van der Waals surface area contributed by atoms with Crippen molar-refractivity contribution in [3.8, 4) is 56.8 Å². The van der Waals surface area contributed by atoms with Crippen molar-refractivity contribution in [2.45, 2.75) is 6.92 Å². The first kappa shape index (κ1) is 32.0. The zero-order valence-electron chi connectivity index (χ0n) is 28.9. The Morgan fingerprint density at radius 3 is 2.15 bits per heavy atom. The van der Waals surface area contributed by atoms with Gasteiger partial charge < -0.3 is 4.42 Å². The molecule has 5 nitrogen and oxygen atoms in total. The number of hydrogen-bond donors (Lipinski definition) is 0. The molecule has 0 spiro atoms. The van der Waals surface area contributed by atoms with Gasteiger partial charge in [0.05, 0.1) is 10.2 Å². The van der Waals surface area contributed by atoms with Gasteiger partial charge in [0.2, 0.25) is 0 Å². The number of fused-ring (bicyclic) bond motifs is 5. The molecule has 0 fully saturated rings. The van der Waals surface area contributed by atoms with Gasteiger partial charge in [0.1, 0.15) is 16.2 Å². The van der Waals surface area contributed by atoms with Crippen LogP contribution in [0.3, 0.4) is 0 Å². The molecule has 4 aromatic heterocycles. The highest BCUT2D eigenvalue weighted by Crippen LogP contribution is 2.42. The first-order valence-electron chi connectivity index (χ1n) is 17.5. The predicted molar refractivity (Wildman–Crippen MR) is 225 cm³/mol. The number of hydrogen-bond acceptors (Lipinski definition) is 7. The van der Waals surface area contributed by atoms with Crippen molar-refractivity contribution in [3.63, 3.8) is 0 Å². The maximum Gasteiger partial charge on any atom is 0.165 e. The quantitative estimate of drug-likeness (QED) is 0.160. The molecule has 0 aliphatic heterocycles. The Morgan fingerprint density at radius 2 is 1.31 bits per heavy atom. The Morgan fingerprint density at radius 1 is 0.611 bits per heavy atom. The van der Waals surface area contributed by atoms with Crippen LogP contribution in [0, 0.1) is 19.3 Å². The minimum absolute atomic E-state index is 0.516. The fourth-order valence-corrected chi connectivity index (χ4v) is 9.27. The van der Waals surface area contributed by atoms with E-state index in [0.29, 0.717) is 17.5 Å². The third-order valence-electron chi connectivity index (χ3n) is 9.68. The third-order valence-corrected chi connectivity index (χ3v) is 11.8. The zero-order valence-corrected chi connectivity index (χ0v) is 30.6. The molecular weight excluding hydrogens is 701 g/mol.